The van der Waals surface area contributed by atoms with Gasteiger partial charge < -0.3 is 19.8 Å². The van der Waals surface area contributed by atoms with E-state index in [0.717, 1.165) is 50.1 Å². The molecule has 2 aliphatic rings. The summed E-state index contributed by atoms with van der Waals surface area (Å²) in [6, 6.07) is 5.49. The Balaban J connectivity index is 0.00000153. The minimum Gasteiger partial charge on any atom is -0.380 e. The zero-order valence-electron chi connectivity index (χ0n) is 18.8. The highest BCUT2D eigenvalue weighted by molar-refractivity contribution is 5.86. The monoisotopic (exact) mass is 500 g/mol. The lowest BCUT2D eigenvalue weighted by Crippen LogP contribution is -2.50. The largest absolute Gasteiger partial charge is 0.380 e. The molecule has 0 atom stereocenters. The van der Waals surface area contributed by atoms with Crippen molar-refractivity contribution in [3.05, 3.63) is 35.6 Å². The van der Waals surface area contributed by atoms with Crippen LogP contribution >= 0.6 is 24.8 Å². The van der Waals surface area contributed by atoms with Gasteiger partial charge in [-0.25, -0.2) is 4.39 Å². The molecule has 182 valence electrons. The molecule has 0 amide bonds. The highest BCUT2D eigenvalue weighted by atomic mass is 35.5. The fourth-order valence-electron chi connectivity index (χ4n) is 4.86. The molecule has 1 aromatic carbocycles. The van der Waals surface area contributed by atoms with Crippen molar-refractivity contribution in [1.82, 2.24) is 30.1 Å². The third kappa shape index (κ3) is 4.74. The number of hydrogen-bond acceptors (Lipinski definition) is 7. The molecule has 33 heavy (non-hydrogen) atoms. The second kappa shape index (κ2) is 10.2. The zero-order chi connectivity index (χ0) is 21.6. The number of nitrogens with one attached hydrogen (secondary N) is 1. The lowest BCUT2D eigenvalue weighted by Gasteiger charge is -2.41. The number of rotatable bonds is 4. The summed E-state index contributed by atoms with van der Waals surface area (Å²) in [5, 5.41) is 24.0. The van der Waals surface area contributed by atoms with E-state index < -0.39 is 11.4 Å². The fourth-order valence-corrected chi connectivity index (χ4v) is 4.86. The van der Waals surface area contributed by atoms with Crippen molar-refractivity contribution >= 4 is 35.7 Å². The van der Waals surface area contributed by atoms with E-state index in [1.807, 2.05) is 19.9 Å². The van der Waals surface area contributed by atoms with Gasteiger partial charge in [0.25, 0.3) is 11.8 Å². The van der Waals surface area contributed by atoms with Crippen LogP contribution in [0.2, 0.25) is 0 Å². The van der Waals surface area contributed by atoms with E-state index in [0.29, 0.717) is 24.4 Å². The molecule has 0 aliphatic carbocycles. The molecule has 0 saturated carbocycles. The molecule has 0 bridgehead atoms. The van der Waals surface area contributed by atoms with E-state index in [1.165, 1.54) is 10.7 Å². The normalized spacial score (nSPS) is 19.4. The number of aliphatic hydroxyl groups is 1. The maximum Gasteiger partial charge on any atom is 0.291 e. The molecule has 0 spiro atoms. The first-order valence-corrected chi connectivity index (χ1v) is 11.1. The van der Waals surface area contributed by atoms with Gasteiger partial charge in [0.1, 0.15) is 16.9 Å². The van der Waals surface area contributed by atoms with Gasteiger partial charge in [0.2, 0.25) is 0 Å². The molecule has 2 aromatic heterocycles. The van der Waals surface area contributed by atoms with Crippen molar-refractivity contribution in [2.75, 3.05) is 26.2 Å². The van der Waals surface area contributed by atoms with Crippen molar-refractivity contribution in [2.45, 2.75) is 57.1 Å². The summed E-state index contributed by atoms with van der Waals surface area (Å²) >= 11 is 0. The van der Waals surface area contributed by atoms with Crippen LogP contribution in [0.4, 0.5) is 4.39 Å². The fraction of sp³-hybridized carbons (Fsp3) is 0.591. The van der Waals surface area contributed by atoms with Crippen LogP contribution in [0.1, 0.15) is 57.0 Å². The molecular weight excluding hydrogens is 470 g/mol. The topological polar surface area (TPSA) is 92.2 Å². The highest BCUT2D eigenvalue weighted by Crippen LogP contribution is 2.34. The number of aromatic nitrogens is 4. The van der Waals surface area contributed by atoms with Crippen molar-refractivity contribution < 1.29 is 14.0 Å². The minimum absolute atomic E-state index is 0. The first kappa shape index (κ1) is 25.8. The van der Waals surface area contributed by atoms with E-state index in [2.05, 4.69) is 25.5 Å². The van der Waals surface area contributed by atoms with Crippen LogP contribution in [-0.2, 0) is 5.60 Å². The Kier molecular flexibility index (Phi) is 8.01. The van der Waals surface area contributed by atoms with E-state index in [4.69, 9.17) is 4.52 Å². The van der Waals surface area contributed by atoms with E-state index in [1.54, 1.807) is 6.07 Å². The first-order valence-electron chi connectivity index (χ1n) is 11.1. The quantitative estimate of drug-likeness (QED) is 0.565. The summed E-state index contributed by atoms with van der Waals surface area (Å²) in [7, 11) is 0. The Morgan fingerprint density at radius 1 is 1.18 bits per heavy atom. The van der Waals surface area contributed by atoms with Crippen molar-refractivity contribution in [3.63, 3.8) is 0 Å². The first-order chi connectivity index (χ1) is 15.0. The smallest absolute Gasteiger partial charge is 0.291 e. The number of para-hydroxylation sites is 1. The summed E-state index contributed by atoms with van der Waals surface area (Å²) in [5.41, 5.74) is -0.0713. The summed E-state index contributed by atoms with van der Waals surface area (Å²) in [6.07, 6.45) is 3.34. The van der Waals surface area contributed by atoms with Gasteiger partial charge in [-0.15, -0.1) is 24.8 Å². The average Bonchev–Trinajstić information content (AvgIpc) is 3.41. The molecule has 11 heteroatoms. The third-order valence-corrected chi connectivity index (χ3v) is 6.68. The summed E-state index contributed by atoms with van der Waals surface area (Å²) in [6.45, 7) is 7.69. The van der Waals surface area contributed by atoms with Gasteiger partial charge in [-0.1, -0.05) is 26.0 Å². The summed E-state index contributed by atoms with van der Waals surface area (Å²) < 4.78 is 21.5. The number of nitrogens with zero attached hydrogens (tertiary/aromatic N) is 5. The predicted octanol–water partition coefficient (Wildman–Crippen LogP) is 3.55. The molecule has 8 nitrogen and oxygen atoms in total. The number of piperidine rings is 2. The third-order valence-electron chi connectivity index (χ3n) is 6.68. The van der Waals surface area contributed by atoms with Crippen LogP contribution in [0.3, 0.4) is 0 Å². The van der Waals surface area contributed by atoms with Crippen LogP contribution in [0, 0.1) is 5.82 Å². The molecule has 2 fully saturated rings. The van der Waals surface area contributed by atoms with Gasteiger partial charge >= 0.3 is 0 Å². The number of benzene rings is 1. The Bertz CT molecular complexity index is 1070. The minimum atomic E-state index is -1.17. The average molecular weight is 501 g/mol. The zero-order valence-corrected chi connectivity index (χ0v) is 20.5. The molecule has 2 saturated heterocycles. The highest BCUT2D eigenvalue weighted by Gasteiger charge is 2.41. The molecule has 5 rings (SSSR count). The van der Waals surface area contributed by atoms with Gasteiger partial charge in [0.05, 0.1) is 5.69 Å². The second-order valence-electron chi connectivity index (χ2n) is 9.04. The van der Waals surface area contributed by atoms with Crippen LogP contribution in [0.5, 0.6) is 0 Å². The summed E-state index contributed by atoms with van der Waals surface area (Å²) in [4.78, 5) is 6.91. The van der Waals surface area contributed by atoms with Gasteiger partial charge in [-0.2, -0.15) is 14.8 Å². The molecule has 0 radical (unpaired) electrons. The Morgan fingerprint density at radius 2 is 1.88 bits per heavy atom. The molecule has 3 aromatic rings. The Morgan fingerprint density at radius 3 is 2.55 bits per heavy atom. The number of halogens is 3. The van der Waals surface area contributed by atoms with Crippen molar-refractivity contribution in [3.8, 4) is 5.95 Å². The van der Waals surface area contributed by atoms with Crippen molar-refractivity contribution in [2.24, 2.45) is 0 Å². The van der Waals surface area contributed by atoms with Crippen molar-refractivity contribution in [1.29, 1.82) is 0 Å². The number of hydrogen-bond donors (Lipinski definition) is 2. The van der Waals surface area contributed by atoms with E-state index in [9.17, 15) is 9.50 Å². The molecule has 0 unspecified atom stereocenters. The number of likely N-dealkylation sites (tertiary alicyclic amines) is 1. The van der Waals surface area contributed by atoms with Gasteiger partial charge in [0.15, 0.2) is 0 Å². The molecule has 4 heterocycles. The maximum absolute atomic E-state index is 14.7. The molecule has 2 N–H and O–H groups in total. The van der Waals surface area contributed by atoms with Gasteiger partial charge in [0, 0.05) is 24.5 Å². The number of fused-ring (bicyclic) bond motifs is 1. The van der Waals surface area contributed by atoms with Crippen LogP contribution in [0.25, 0.3) is 16.9 Å². The predicted molar refractivity (Wildman–Crippen MR) is 128 cm³/mol. The molecular formula is C22H31Cl2FN6O2. The SMILES string of the molecule is CC(C)c1nn(-c2noc(C3(O)CCN(C4CCNCC4)CC3)n2)c2c(F)cccc12.Cl.Cl. The lowest BCUT2D eigenvalue weighted by molar-refractivity contribution is -0.0594. The summed E-state index contributed by atoms with van der Waals surface area (Å²) in [5.74, 6) is 0.0439. The van der Waals surface area contributed by atoms with Crippen LogP contribution < -0.4 is 5.32 Å². The standard InChI is InChI=1S/C22H29FN6O2.2ClH/c1-14(2)18-16-4-3-5-17(23)19(16)29(26-18)21-25-20(31-27-21)22(30)8-12-28(13-9-22)15-6-10-24-11-7-15;;/h3-5,14-15,24,30H,6-13H2,1-2H3;2*1H. The Labute approximate surface area is 204 Å². The second-order valence-corrected chi connectivity index (χ2v) is 9.04. The van der Waals surface area contributed by atoms with E-state index in [-0.39, 0.29) is 42.6 Å². The van der Waals surface area contributed by atoms with Crippen LogP contribution in [0.15, 0.2) is 22.7 Å². The maximum atomic E-state index is 14.7. The lowest BCUT2D eigenvalue weighted by atomic mass is 9.89. The van der Waals surface area contributed by atoms with Gasteiger partial charge in [-0.05, 0) is 55.9 Å². The van der Waals surface area contributed by atoms with E-state index >= 15 is 0 Å². The molecule has 2 aliphatic heterocycles. The Hall–Kier alpha value is -1.78. The van der Waals surface area contributed by atoms with Gasteiger partial charge in [-0.3, -0.25) is 0 Å². The van der Waals surface area contributed by atoms with Crippen LogP contribution in [-0.4, -0.2) is 62.1 Å².